The predicted molar refractivity (Wildman–Crippen MR) is 167 cm³/mol. The monoisotopic (exact) mass is 609 g/mol. The van der Waals surface area contributed by atoms with E-state index < -0.39 is 23.8 Å². The summed E-state index contributed by atoms with van der Waals surface area (Å²) in [5, 5.41) is 20.6. The summed E-state index contributed by atoms with van der Waals surface area (Å²) in [6, 6.07) is 16.4. The molecule has 0 aromatic heterocycles. The van der Waals surface area contributed by atoms with Gasteiger partial charge in [0.2, 0.25) is 0 Å². The van der Waals surface area contributed by atoms with E-state index in [0.29, 0.717) is 24.2 Å². The summed E-state index contributed by atoms with van der Waals surface area (Å²) >= 11 is 0. The van der Waals surface area contributed by atoms with E-state index in [-0.39, 0.29) is 43.7 Å². The molecule has 5 nitrogen and oxygen atoms in total. The minimum absolute atomic E-state index is 0. The van der Waals surface area contributed by atoms with E-state index in [4.69, 9.17) is 0 Å². The molecule has 0 heterocycles. The number of aryl methyl sites for hydroxylation is 2. The van der Waals surface area contributed by atoms with Gasteiger partial charge in [-0.3, -0.25) is 4.79 Å². The molecular formula is C32H43Cl2F2N3O2. The van der Waals surface area contributed by atoms with Crippen LogP contribution in [-0.2, 0) is 25.9 Å². The summed E-state index contributed by atoms with van der Waals surface area (Å²) < 4.78 is 27.8. The number of carbonyl (C=O) groups excluding carboxylic acids is 1. The van der Waals surface area contributed by atoms with Gasteiger partial charge in [0.1, 0.15) is 11.6 Å². The highest BCUT2D eigenvalue weighted by Gasteiger charge is 2.23. The molecule has 0 saturated heterocycles. The molecule has 3 aromatic rings. The maximum Gasteiger partial charge on any atom is 0.251 e. The summed E-state index contributed by atoms with van der Waals surface area (Å²) in [4.78, 5) is 13.3. The Morgan fingerprint density at radius 3 is 2.22 bits per heavy atom. The number of aliphatic hydroxyl groups excluding tert-OH is 1. The Kier molecular flexibility index (Phi) is 16.7. The van der Waals surface area contributed by atoms with Crippen molar-refractivity contribution in [3.8, 4) is 0 Å². The number of unbranched alkanes of at least 4 members (excludes halogenated alkanes) is 1. The summed E-state index contributed by atoms with van der Waals surface area (Å²) in [6.07, 6.45) is 2.20. The molecule has 0 bridgehead atoms. The summed E-state index contributed by atoms with van der Waals surface area (Å²) in [5.41, 5.74) is 5.11. The van der Waals surface area contributed by atoms with Crippen LogP contribution >= 0.6 is 24.8 Å². The quantitative estimate of drug-likeness (QED) is 0.158. The van der Waals surface area contributed by atoms with Crippen molar-refractivity contribution >= 4 is 30.7 Å². The van der Waals surface area contributed by atoms with Crippen molar-refractivity contribution in [2.45, 2.75) is 71.7 Å². The zero-order valence-corrected chi connectivity index (χ0v) is 25.6. The smallest absolute Gasteiger partial charge is 0.251 e. The Hall–Kier alpha value is -2.55. The van der Waals surface area contributed by atoms with Gasteiger partial charge in [0.25, 0.3) is 5.91 Å². The molecule has 41 heavy (non-hydrogen) atoms. The number of aliphatic hydroxyl groups is 1. The Labute approximate surface area is 255 Å². The van der Waals surface area contributed by atoms with E-state index in [1.54, 1.807) is 6.07 Å². The van der Waals surface area contributed by atoms with Crippen molar-refractivity contribution in [3.63, 3.8) is 0 Å². The van der Waals surface area contributed by atoms with Crippen LogP contribution in [0.3, 0.4) is 0 Å². The van der Waals surface area contributed by atoms with Gasteiger partial charge in [-0.25, -0.2) is 8.78 Å². The molecule has 0 unspecified atom stereocenters. The van der Waals surface area contributed by atoms with Gasteiger partial charge >= 0.3 is 0 Å². The Balaban J connectivity index is 0.00000420. The number of halogens is 4. The number of hydrogen-bond donors (Lipinski definition) is 4. The SMILES string of the molecule is CCCCNCc1cc(C)cc(C(=O)N[C@@H](Cc2cc(F)cc(F)c2)[C@H](O)CNCc2cccc(CC)c2)c1.Cl.Cl. The highest BCUT2D eigenvalue weighted by atomic mass is 35.5. The zero-order valence-electron chi connectivity index (χ0n) is 24.0. The molecule has 4 N–H and O–H groups in total. The Morgan fingerprint density at radius 1 is 0.854 bits per heavy atom. The Bertz CT molecular complexity index is 1210. The zero-order chi connectivity index (χ0) is 28.2. The van der Waals surface area contributed by atoms with E-state index in [1.165, 1.54) is 17.7 Å². The van der Waals surface area contributed by atoms with Crippen LogP contribution in [0.15, 0.2) is 60.7 Å². The predicted octanol–water partition coefficient (Wildman–Crippen LogP) is 6.06. The topological polar surface area (TPSA) is 73.4 Å². The van der Waals surface area contributed by atoms with Crippen LogP contribution in [0.4, 0.5) is 8.78 Å². The van der Waals surface area contributed by atoms with Gasteiger partial charge in [-0.1, -0.05) is 56.2 Å². The fraction of sp³-hybridized carbons (Fsp3) is 0.406. The molecule has 0 spiro atoms. The highest BCUT2D eigenvalue weighted by molar-refractivity contribution is 5.94. The molecular weight excluding hydrogens is 567 g/mol. The molecule has 0 aliphatic rings. The van der Waals surface area contributed by atoms with Crippen LogP contribution in [0, 0.1) is 18.6 Å². The number of benzene rings is 3. The molecule has 3 aromatic carbocycles. The highest BCUT2D eigenvalue weighted by Crippen LogP contribution is 2.15. The lowest BCUT2D eigenvalue weighted by Gasteiger charge is -2.25. The number of hydrogen-bond acceptors (Lipinski definition) is 4. The molecule has 9 heteroatoms. The van der Waals surface area contributed by atoms with E-state index in [9.17, 15) is 18.7 Å². The molecule has 0 fully saturated rings. The second kappa shape index (κ2) is 18.8. The third-order valence-electron chi connectivity index (χ3n) is 6.68. The van der Waals surface area contributed by atoms with Gasteiger partial charge < -0.3 is 21.1 Å². The Morgan fingerprint density at radius 2 is 1.54 bits per heavy atom. The largest absolute Gasteiger partial charge is 0.390 e. The fourth-order valence-electron chi connectivity index (χ4n) is 4.61. The van der Waals surface area contributed by atoms with Gasteiger partial charge in [0.05, 0.1) is 12.1 Å². The van der Waals surface area contributed by atoms with Crippen molar-refractivity contribution in [1.29, 1.82) is 0 Å². The van der Waals surface area contributed by atoms with Crippen molar-refractivity contribution in [2.75, 3.05) is 13.1 Å². The molecule has 0 aliphatic heterocycles. The molecule has 226 valence electrons. The third-order valence-corrected chi connectivity index (χ3v) is 6.68. The molecule has 3 rings (SSSR count). The normalized spacial score (nSPS) is 12.1. The average Bonchev–Trinajstić information content (AvgIpc) is 2.90. The van der Waals surface area contributed by atoms with E-state index in [1.807, 2.05) is 31.2 Å². The van der Waals surface area contributed by atoms with E-state index in [0.717, 1.165) is 48.6 Å². The summed E-state index contributed by atoms with van der Waals surface area (Å²) in [7, 11) is 0. The first-order valence-electron chi connectivity index (χ1n) is 13.8. The lowest BCUT2D eigenvalue weighted by atomic mass is 9.99. The van der Waals surface area contributed by atoms with E-state index in [2.05, 4.69) is 41.9 Å². The number of carbonyl (C=O) groups is 1. The first-order valence-corrected chi connectivity index (χ1v) is 13.8. The standard InChI is InChI=1S/C32H41F2N3O2.2ClH/c1-4-6-10-35-20-26-11-22(3)12-27(14-26)32(39)37-30(17-25-15-28(33)18-29(34)16-25)31(38)21-36-19-24-9-7-8-23(5-2)13-24;;/h7-9,11-16,18,30-31,35-36,38H,4-6,10,17,19-21H2,1-3H3,(H,37,39);2*1H/t30-,31+;;/m0../s1. The van der Waals surface area contributed by atoms with Gasteiger partial charge in [-0.05, 0) is 79.3 Å². The van der Waals surface area contributed by atoms with Crippen LogP contribution in [0.25, 0.3) is 0 Å². The summed E-state index contributed by atoms with van der Waals surface area (Å²) in [5.74, 6) is -1.74. The van der Waals surface area contributed by atoms with Crippen molar-refractivity contribution in [2.24, 2.45) is 0 Å². The first-order chi connectivity index (χ1) is 18.8. The maximum atomic E-state index is 13.9. The maximum absolute atomic E-state index is 13.9. The molecule has 0 saturated carbocycles. The minimum atomic E-state index is -0.991. The third kappa shape index (κ3) is 12.5. The molecule has 1 amide bonds. The van der Waals surface area contributed by atoms with E-state index >= 15 is 0 Å². The van der Waals surface area contributed by atoms with Crippen molar-refractivity contribution in [3.05, 3.63) is 106 Å². The minimum Gasteiger partial charge on any atom is -0.390 e. The number of rotatable bonds is 15. The van der Waals surface area contributed by atoms with Gasteiger partial charge in [-0.2, -0.15) is 0 Å². The van der Waals surface area contributed by atoms with Crippen LogP contribution in [-0.4, -0.2) is 36.2 Å². The van der Waals surface area contributed by atoms with Crippen LogP contribution in [0.5, 0.6) is 0 Å². The van der Waals surface area contributed by atoms with Gasteiger partial charge in [0.15, 0.2) is 0 Å². The van der Waals surface area contributed by atoms with Crippen molar-refractivity contribution in [1.82, 2.24) is 16.0 Å². The van der Waals surface area contributed by atoms with Gasteiger partial charge in [-0.15, -0.1) is 24.8 Å². The molecule has 0 aliphatic carbocycles. The van der Waals surface area contributed by atoms with Crippen LogP contribution in [0.2, 0.25) is 0 Å². The van der Waals surface area contributed by atoms with Crippen molar-refractivity contribution < 1.29 is 18.7 Å². The van der Waals surface area contributed by atoms with Crippen LogP contribution < -0.4 is 16.0 Å². The second-order valence-corrected chi connectivity index (χ2v) is 10.2. The first kappa shape index (κ1) is 36.5. The number of amides is 1. The second-order valence-electron chi connectivity index (χ2n) is 10.2. The van der Waals surface area contributed by atoms with Gasteiger partial charge in [0, 0.05) is 31.3 Å². The number of nitrogens with one attached hydrogen (secondary N) is 3. The lowest BCUT2D eigenvalue weighted by Crippen LogP contribution is -2.48. The average molecular weight is 611 g/mol. The molecule has 0 radical (unpaired) electrons. The van der Waals surface area contributed by atoms with Crippen LogP contribution in [0.1, 0.15) is 64.9 Å². The summed E-state index contributed by atoms with van der Waals surface area (Å²) in [6.45, 7) is 8.47. The molecule has 2 atom stereocenters. The lowest BCUT2D eigenvalue weighted by molar-refractivity contribution is 0.0829. The fourth-order valence-corrected chi connectivity index (χ4v) is 4.61.